The lowest BCUT2D eigenvalue weighted by molar-refractivity contribution is -0.133. The monoisotopic (exact) mass is 335 g/mol. The average molecular weight is 335 g/mol. The number of fused-ring (bicyclic) bond motifs is 1. The van der Waals surface area contributed by atoms with Crippen LogP contribution in [0, 0.1) is 13.8 Å². The number of imidazole rings is 1. The number of hydrogen-bond acceptors (Lipinski definition) is 3. The number of benzene rings is 1. The summed E-state index contributed by atoms with van der Waals surface area (Å²) in [6.07, 6.45) is 1.72. The van der Waals surface area contributed by atoms with Gasteiger partial charge in [-0.05, 0) is 25.5 Å². The standard InChI is InChI=1S/C19H21N5O/c1-13-8-14(2)24(22-13)11-18(25)23-9-16(15-6-4-3-5-7-15)19-17(10-23)20-12-21-19/h3-8,12,16H,9-11H2,1-2H3,(H,20,21). The second-order valence-electron chi connectivity index (χ2n) is 6.59. The van der Waals surface area contributed by atoms with Gasteiger partial charge in [0.2, 0.25) is 5.91 Å². The normalized spacial score (nSPS) is 16.7. The Bertz CT molecular complexity index is 896. The van der Waals surface area contributed by atoms with Crippen molar-refractivity contribution in [2.24, 2.45) is 0 Å². The SMILES string of the molecule is Cc1cc(C)n(CC(=O)N2Cc3[nH]cnc3C(c3ccccc3)C2)n1. The predicted octanol–water partition coefficient (Wildman–Crippen LogP) is 2.40. The molecule has 3 heterocycles. The number of H-pyrrole nitrogens is 1. The molecule has 0 spiro atoms. The molecule has 0 saturated heterocycles. The van der Waals surface area contributed by atoms with Crippen LogP contribution in [-0.4, -0.2) is 37.1 Å². The first-order chi connectivity index (χ1) is 12.1. The van der Waals surface area contributed by atoms with Gasteiger partial charge in [-0.25, -0.2) is 4.98 Å². The van der Waals surface area contributed by atoms with Crippen LogP contribution in [0.5, 0.6) is 0 Å². The lowest BCUT2D eigenvalue weighted by Crippen LogP contribution is -2.40. The van der Waals surface area contributed by atoms with E-state index in [2.05, 4.69) is 27.2 Å². The van der Waals surface area contributed by atoms with Crippen LogP contribution in [0.15, 0.2) is 42.7 Å². The molecule has 6 heteroatoms. The van der Waals surface area contributed by atoms with Crippen molar-refractivity contribution >= 4 is 5.91 Å². The molecule has 4 rings (SSSR count). The lowest BCUT2D eigenvalue weighted by Gasteiger charge is -2.32. The molecule has 6 nitrogen and oxygen atoms in total. The molecular formula is C19H21N5O. The summed E-state index contributed by atoms with van der Waals surface area (Å²) in [6.45, 7) is 5.39. The largest absolute Gasteiger partial charge is 0.347 e. The molecule has 0 bridgehead atoms. The van der Waals surface area contributed by atoms with Gasteiger partial charge in [-0.15, -0.1) is 0 Å². The molecule has 1 unspecified atom stereocenters. The predicted molar refractivity (Wildman–Crippen MR) is 94.0 cm³/mol. The molecule has 0 aliphatic carbocycles. The number of aromatic nitrogens is 4. The molecule has 2 aromatic heterocycles. The molecule has 1 aromatic carbocycles. The summed E-state index contributed by atoms with van der Waals surface area (Å²) < 4.78 is 1.78. The Hall–Kier alpha value is -2.89. The van der Waals surface area contributed by atoms with E-state index < -0.39 is 0 Å². The van der Waals surface area contributed by atoms with Crippen LogP contribution in [0.1, 0.15) is 34.3 Å². The van der Waals surface area contributed by atoms with Crippen LogP contribution in [0.2, 0.25) is 0 Å². The number of nitrogens with zero attached hydrogens (tertiary/aromatic N) is 4. The zero-order valence-corrected chi connectivity index (χ0v) is 14.4. The van der Waals surface area contributed by atoms with Crippen LogP contribution >= 0.6 is 0 Å². The minimum absolute atomic E-state index is 0.0763. The Labute approximate surface area is 146 Å². The molecule has 1 N–H and O–H groups in total. The Morgan fingerprint density at radius 3 is 2.80 bits per heavy atom. The molecule has 25 heavy (non-hydrogen) atoms. The van der Waals surface area contributed by atoms with Gasteiger partial charge in [0.05, 0.1) is 30.0 Å². The highest BCUT2D eigenvalue weighted by Crippen LogP contribution is 2.31. The molecule has 0 radical (unpaired) electrons. The third-order valence-corrected chi connectivity index (χ3v) is 4.78. The minimum atomic E-state index is 0.0763. The fourth-order valence-electron chi connectivity index (χ4n) is 3.52. The summed E-state index contributed by atoms with van der Waals surface area (Å²) in [5.41, 5.74) is 5.18. The number of nitrogens with one attached hydrogen (secondary N) is 1. The number of aromatic amines is 1. The van der Waals surface area contributed by atoms with Gasteiger partial charge < -0.3 is 9.88 Å². The van der Waals surface area contributed by atoms with E-state index in [1.807, 2.05) is 43.0 Å². The maximum Gasteiger partial charge on any atom is 0.244 e. The van der Waals surface area contributed by atoms with Crippen molar-refractivity contribution < 1.29 is 4.79 Å². The van der Waals surface area contributed by atoms with E-state index in [1.165, 1.54) is 5.56 Å². The second-order valence-corrected chi connectivity index (χ2v) is 6.59. The maximum atomic E-state index is 12.9. The van der Waals surface area contributed by atoms with Crippen molar-refractivity contribution in [3.63, 3.8) is 0 Å². The molecule has 0 saturated carbocycles. The molecule has 0 fully saturated rings. The van der Waals surface area contributed by atoms with Crippen LogP contribution in [0.3, 0.4) is 0 Å². The van der Waals surface area contributed by atoms with Gasteiger partial charge >= 0.3 is 0 Å². The van der Waals surface area contributed by atoms with Crippen molar-refractivity contribution in [2.45, 2.75) is 32.9 Å². The van der Waals surface area contributed by atoms with E-state index in [4.69, 9.17) is 0 Å². The van der Waals surface area contributed by atoms with Crippen LogP contribution in [-0.2, 0) is 17.9 Å². The Balaban J connectivity index is 1.59. The number of aryl methyl sites for hydroxylation is 2. The zero-order chi connectivity index (χ0) is 17.4. The third kappa shape index (κ3) is 2.95. The highest BCUT2D eigenvalue weighted by Gasteiger charge is 2.31. The summed E-state index contributed by atoms with van der Waals surface area (Å²) in [6, 6.07) is 12.2. The second kappa shape index (κ2) is 6.20. The van der Waals surface area contributed by atoms with Crippen molar-refractivity contribution in [3.05, 3.63) is 71.1 Å². The number of rotatable bonds is 3. The summed E-state index contributed by atoms with van der Waals surface area (Å²) in [5.74, 6) is 0.174. The molecule has 128 valence electrons. The molecule has 1 aliphatic heterocycles. The molecular weight excluding hydrogens is 314 g/mol. The molecule has 3 aromatic rings. The zero-order valence-electron chi connectivity index (χ0n) is 14.4. The smallest absolute Gasteiger partial charge is 0.244 e. The van der Waals surface area contributed by atoms with Crippen LogP contribution in [0.4, 0.5) is 0 Å². The number of carbonyl (C=O) groups excluding carboxylic acids is 1. The van der Waals surface area contributed by atoms with Gasteiger partial charge in [0.25, 0.3) is 0 Å². The van der Waals surface area contributed by atoms with Gasteiger partial charge in [0, 0.05) is 18.2 Å². The third-order valence-electron chi connectivity index (χ3n) is 4.78. The van der Waals surface area contributed by atoms with Crippen molar-refractivity contribution in [2.75, 3.05) is 6.54 Å². The van der Waals surface area contributed by atoms with Crippen molar-refractivity contribution in [1.82, 2.24) is 24.6 Å². The quantitative estimate of drug-likeness (QED) is 0.799. The van der Waals surface area contributed by atoms with Crippen LogP contribution < -0.4 is 0 Å². The lowest BCUT2D eigenvalue weighted by atomic mass is 9.91. The Morgan fingerprint density at radius 1 is 1.28 bits per heavy atom. The highest BCUT2D eigenvalue weighted by molar-refractivity contribution is 5.76. The Kier molecular flexibility index (Phi) is 3.87. The molecule has 1 atom stereocenters. The van der Waals surface area contributed by atoms with Gasteiger partial charge in [-0.2, -0.15) is 5.10 Å². The topological polar surface area (TPSA) is 66.8 Å². The fraction of sp³-hybridized carbons (Fsp3) is 0.316. The van der Waals surface area contributed by atoms with E-state index in [0.29, 0.717) is 13.1 Å². The number of carbonyl (C=O) groups is 1. The summed E-state index contributed by atoms with van der Waals surface area (Å²) in [5, 5.41) is 4.41. The minimum Gasteiger partial charge on any atom is -0.347 e. The van der Waals surface area contributed by atoms with Crippen LogP contribution in [0.25, 0.3) is 0 Å². The van der Waals surface area contributed by atoms with E-state index in [-0.39, 0.29) is 18.4 Å². The summed E-state index contributed by atoms with van der Waals surface area (Å²) in [7, 11) is 0. The highest BCUT2D eigenvalue weighted by atomic mass is 16.2. The maximum absolute atomic E-state index is 12.9. The number of amides is 1. The van der Waals surface area contributed by atoms with Gasteiger partial charge in [0.1, 0.15) is 6.54 Å². The van der Waals surface area contributed by atoms with E-state index in [0.717, 1.165) is 22.8 Å². The van der Waals surface area contributed by atoms with E-state index >= 15 is 0 Å². The number of hydrogen-bond donors (Lipinski definition) is 1. The van der Waals surface area contributed by atoms with Gasteiger partial charge in [-0.1, -0.05) is 30.3 Å². The van der Waals surface area contributed by atoms with E-state index in [9.17, 15) is 4.79 Å². The Morgan fingerprint density at radius 2 is 2.08 bits per heavy atom. The first-order valence-electron chi connectivity index (χ1n) is 8.47. The molecule has 1 amide bonds. The van der Waals surface area contributed by atoms with Gasteiger partial charge in [-0.3, -0.25) is 9.48 Å². The summed E-state index contributed by atoms with van der Waals surface area (Å²) >= 11 is 0. The summed E-state index contributed by atoms with van der Waals surface area (Å²) in [4.78, 5) is 22.5. The van der Waals surface area contributed by atoms with Crippen molar-refractivity contribution in [3.8, 4) is 0 Å². The van der Waals surface area contributed by atoms with Crippen molar-refractivity contribution in [1.29, 1.82) is 0 Å². The van der Waals surface area contributed by atoms with Gasteiger partial charge in [0.15, 0.2) is 0 Å². The first-order valence-corrected chi connectivity index (χ1v) is 8.47. The van der Waals surface area contributed by atoms with E-state index in [1.54, 1.807) is 11.0 Å². The molecule has 1 aliphatic rings. The fourth-order valence-corrected chi connectivity index (χ4v) is 3.52. The first kappa shape index (κ1) is 15.6. The average Bonchev–Trinajstić information content (AvgIpc) is 3.20.